The standard InChI is InChI=1S/C16H16ClNO2/c1-11(19)14-7-2-3-8-15(14)18-16(20)13-6-4-5-12(9-13)10-17/h2-9,11,19H,10H2,1H3,(H,18,20). The largest absolute Gasteiger partial charge is 0.389 e. The van der Waals surface area contributed by atoms with Crippen LogP contribution in [0.5, 0.6) is 0 Å². The second-order valence-electron chi connectivity index (χ2n) is 4.55. The lowest BCUT2D eigenvalue weighted by Crippen LogP contribution is -2.14. The van der Waals surface area contributed by atoms with E-state index in [1.54, 1.807) is 37.3 Å². The van der Waals surface area contributed by atoms with E-state index < -0.39 is 6.10 Å². The highest BCUT2D eigenvalue weighted by molar-refractivity contribution is 6.17. The smallest absolute Gasteiger partial charge is 0.255 e. The van der Waals surface area contributed by atoms with E-state index in [4.69, 9.17) is 11.6 Å². The van der Waals surface area contributed by atoms with Crippen molar-refractivity contribution in [2.45, 2.75) is 18.9 Å². The average Bonchev–Trinajstić information content (AvgIpc) is 2.47. The van der Waals surface area contributed by atoms with Gasteiger partial charge in [0.25, 0.3) is 5.91 Å². The Kier molecular flexibility index (Phi) is 4.77. The second-order valence-corrected chi connectivity index (χ2v) is 4.82. The third-order valence-corrected chi connectivity index (χ3v) is 3.31. The molecular formula is C16H16ClNO2. The number of halogens is 1. The molecule has 0 saturated heterocycles. The molecule has 0 aromatic heterocycles. The fourth-order valence-electron chi connectivity index (χ4n) is 1.97. The van der Waals surface area contributed by atoms with Crippen molar-refractivity contribution in [2.75, 3.05) is 5.32 Å². The summed E-state index contributed by atoms with van der Waals surface area (Å²) in [4.78, 5) is 12.2. The number of para-hydroxylation sites is 1. The summed E-state index contributed by atoms with van der Waals surface area (Å²) >= 11 is 5.77. The topological polar surface area (TPSA) is 49.3 Å². The third-order valence-electron chi connectivity index (χ3n) is 3.00. The molecule has 0 radical (unpaired) electrons. The van der Waals surface area contributed by atoms with Crippen LogP contribution in [0.1, 0.15) is 34.5 Å². The molecule has 2 rings (SSSR count). The van der Waals surface area contributed by atoms with Crippen molar-refractivity contribution >= 4 is 23.2 Å². The Bertz CT molecular complexity index is 611. The van der Waals surface area contributed by atoms with E-state index in [1.807, 2.05) is 18.2 Å². The van der Waals surface area contributed by atoms with Crippen LogP contribution < -0.4 is 5.32 Å². The molecule has 1 amide bonds. The molecule has 20 heavy (non-hydrogen) atoms. The number of rotatable bonds is 4. The van der Waals surface area contributed by atoms with Gasteiger partial charge in [0.15, 0.2) is 0 Å². The second kappa shape index (κ2) is 6.55. The lowest BCUT2D eigenvalue weighted by molar-refractivity contribution is 0.102. The first kappa shape index (κ1) is 14.6. The van der Waals surface area contributed by atoms with Gasteiger partial charge in [0, 0.05) is 22.7 Å². The SMILES string of the molecule is CC(O)c1ccccc1NC(=O)c1cccc(CCl)c1. The van der Waals surface area contributed by atoms with Gasteiger partial charge in [-0.05, 0) is 30.7 Å². The summed E-state index contributed by atoms with van der Waals surface area (Å²) in [6.07, 6.45) is -0.638. The average molecular weight is 290 g/mol. The Morgan fingerprint density at radius 1 is 1.25 bits per heavy atom. The fraction of sp³-hybridized carbons (Fsp3) is 0.188. The van der Waals surface area contributed by atoms with Gasteiger partial charge in [-0.2, -0.15) is 0 Å². The molecule has 0 saturated carbocycles. The van der Waals surface area contributed by atoms with E-state index in [9.17, 15) is 9.90 Å². The Balaban J connectivity index is 2.23. The molecule has 0 bridgehead atoms. The number of hydrogen-bond acceptors (Lipinski definition) is 2. The highest BCUT2D eigenvalue weighted by Gasteiger charge is 2.11. The molecule has 1 atom stereocenters. The number of hydrogen-bond donors (Lipinski definition) is 2. The molecule has 0 spiro atoms. The van der Waals surface area contributed by atoms with Crippen molar-refractivity contribution in [3.05, 3.63) is 65.2 Å². The van der Waals surface area contributed by atoms with Crippen LogP contribution in [0.15, 0.2) is 48.5 Å². The molecule has 0 aliphatic heterocycles. The molecule has 4 heteroatoms. The van der Waals surface area contributed by atoms with Gasteiger partial charge < -0.3 is 10.4 Å². The molecule has 104 valence electrons. The van der Waals surface area contributed by atoms with E-state index in [0.717, 1.165) is 5.56 Å². The van der Waals surface area contributed by atoms with E-state index in [1.165, 1.54) is 0 Å². The van der Waals surface area contributed by atoms with Crippen molar-refractivity contribution in [2.24, 2.45) is 0 Å². The van der Waals surface area contributed by atoms with Crippen LogP contribution in [0, 0.1) is 0 Å². The summed E-state index contributed by atoms with van der Waals surface area (Å²) in [5.74, 6) is 0.149. The van der Waals surface area contributed by atoms with Gasteiger partial charge in [-0.3, -0.25) is 4.79 Å². The predicted molar refractivity (Wildman–Crippen MR) is 81.0 cm³/mol. The van der Waals surface area contributed by atoms with Crippen LogP contribution in [0.3, 0.4) is 0 Å². The number of benzene rings is 2. The van der Waals surface area contributed by atoms with E-state index in [0.29, 0.717) is 22.7 Å². The van der Waals surface area contributed by atoms with Gasteiger partial charge in [0.1, 0.15) is 0 Å². The van der Waals surface area contributed by atoms with Gasteiger partial charge in [-0.1, -0.05) is 30.3 Å². The maximum absolute atomic E-state index is 12.2. The summed E-state index contributed by atoms with van der Waals surface area (Å²) in [6.45, 7) is 1.67. The first-order chi connectivity index (χ1) is 9.61. The van der Waals surface area contributed by atoms with Crippen LogP contribution in [-0.4, -0.2) is 11.0 Å². The molecule has 1 unspecified atom stereocenters. The molecule has 2 aromatic carbocycles. The summed E-state index contributed by atoms with van der Waals surface area (Å²) in [5.41, 5.74) is 2.74. The Morgan fingerprint density at radius 2 is 2.00 bits per heavy atom. The number of aliphatic hydroxyl groups excluding tert-OH is 1. The van der Waals surface area contributed by atoms with Crippen LogP contribution in [0.4, 0.5) is 5.69 Å². The van der Waals surface area contributed by atoms with Crippen molar-refractivity contribution in [1.29, 1.82) is 0 Å². The third kappa shape index (κ3) is 3.38. The monoisotopic (exact) mass is 289 g/mol. The molecular weight excluding hydrogens is 274 g/mol. The van der Waals surface area contributed by atoms with Crippen LogP contribution >= 0.6 is 11.6 Å². The number of carbonyl (C=O) groups is 1. The van der Waals surface area contributed by atoms with Gasteiger partial charge in [0.05, 0.1) is 6.10 Å². The molecule has 0 aliphatic carbocycles. The first-order valence-electron chi connectivity index (χ1n) is 6.35. The number of anilines is 1. The molecule has 0 aliphatic rings. The summed E-state index contributed by atoms with van der Waals surface area (Å²) < 4.78 is 0. The number of aliphatic hydroxyl groups is 1. The van der Waals surface area contributed by atoms with Crippen molar-refractivity contribution < 1.29 is 9.90 Å². The Morgan fingerprint density at radius 3 is 2.70 bits per heavy atom. The zero-order chi connectivity index (χ0) is 14.5. The molecule has 2 N–H and O–H groups in total. The van der Waals surface area contributed by atoms with Crippen molar-refractivity contribution in [3.63, 3.8) is 0 Å². The number of nitrogens with one attached hydrogen (secondary N) is 1. The number of alkyl halides is 1. The van der Waals surface area contributed by atoms with Crippen LogP contribution in [0.25, 0.3) is 0 Å². The lowest BCUT2D eigenvalue weighted by atomic mass is 10.1. The van der Waals surface area contributed by atoms with Gasteiger partial charge >= 0.3 is 0 Å². The number of amides is 1. The predicted octanol–water partition coefficient (Wildman–Crippen LogP) is 3.73. The van der Waals surface area contributed by atoms with Crippen molar-refractivity contribution in [1.82, 2.24) is 0 Å². The van der Waals surface area contributed by atoms with E-state index >= 15 is 0 Å². The Hall–Kier alpha value is -1.84. The minimum Gasteiger partial charge on any atom is -0.389 e. The summed E-state index contributed by atoms with van der Waals surface area (Å²) in [7, 11) is 0. The van der Waals surface area contributed by atoms with Gasteiger partial charge in [0.2, 0.25) is 0 Å². The summed E-state index contributed by atoms with van der Waals surface area (Å²) in [6, 6.07) is 14.4. The number of carbonyl (C=O) groups excluding carboxylic acids is 1. The van der Waals surface area contributed by atoms with Gasteiger partial charge in [-0.25, -0.2) is 0 Å². The molecule has 0 heterocycles. The molecule has 3 nitrogen and oxygen atoms in total. The molecule has 2 aromatic rings. The zero-order valence-electron chi connectivity index (χ0n) is 11.1. The minimum absolute atomic E-state index is 0.218. The highest BCUT2D eigenvalue weighted by Crippen LogP contribution is 2.23. The van der Waals surface area contributed by atoms with Crippen LogP contribution in [0.2, 0.25) is 0 Å². The minimum atomic E-state index is -0.638. The highest BCUT2D eigenvalue weighted by atomic mass is 35.5. The molecule has 0 fully saturated rings. The lowest BCUT2D eigenvalue weighted by Gasteiger charge is -2.13. The van der Waals surface area contributed by atoms with Gasteiger partial charge in [-0.15, -0.1) is 11.6 Å². The van der Waals surface area contributed by atoms with Crippen LogP contribution in [-0.2, 0) is 5.88 Å². The van der Waals surface area contributed by atoms with E-state index in [-0.39, 0.29) is 5.91 Å². The van der Waals surface area contributed by atoms with Crippen molar-refractivity contribution in [3.8, 4) is 0 Å². The Labute approximate surface area is 123 Å². The normalized spacial score (nSPS) is 11.9. The zero-order valence-corrected chi connectivity index (χ0v) is 11.9. The van der Waals surface area contributed by atoms with E-state index in [2.05, 4.69) is 5.32 Å². The first-order valence-corrected chi connectivity index (χ1v) is 6.88. The maximum Gasteiger partial charge on any atom is 0.255 e. The quantitative estimate of drug-likeness (QED) is 0.843. The fourth-order valence-corrected chi connectivity index (χ4v) is 2.13. The summed E-state index contributed by atoms with van der Waals surface area (Å²) in [5, 5.41) is 12.5. The maximum atomic E-state index is 12.2.